The molecule has 0 bridgehead atoms. The molecule has 11 rings (SSSR count). The lowest BCUT2D eigenvalue weighted by Crippen LogP contribution is -2.33. The highest BCUT2D eigenvalue weighted by molar-refractivity contribution is 6.13. The van der Waals surface area contributed by atoms with E-state index in [0.717, 1.165) is 37.1 Å². The van der Waals surface area contributed by atoms with Crippen LogP contribution in [0.15, 0.2) is 200 Å². The van der Waals surface area contributed by atoms with E-state index in [9.17, 15) is 0 Å². The van der Waals surface area contributed by atoms with E-state index in [2.05, 4.69) is 250 Å². The Kier molecular flexibility index (Phi) is 10.5. The third kappa shape index (κ3) is 7.30. The van der Waals surface area contributed by atoms with E-state index >= 15 is 0 Å². The summed E-state index contributed by atoms with van der Waals surface area (Å²) in [6, 6.07) is 59.4. The maximum absolute atomic E-state index is 2.60. The lowest BCUT2D eigenvalue weighted by molar-refractivity contribution is 0.438. The highest BCUT2D eigenvalue weighted by Gasteiger charge is 2.30. The lowest BCUT2D eigenvalue weighted by Gasteiger charge is -2.32. The van der Waals surface area contributed by atoms with Gasteiger partial charge in [-0.3, -0.25) is 0 Å². The minimum Gasteiger partial charge on any atom is -0.330 e. The molecular weight excluding hydrogens is 797 g/mol. The summed E-state index contributed by atoms with van der Waals surface area (Å²) in [5.41, 5.74) is 17.3. The van der Waals surface area contributed by atoms with E-state index in [1.54, 1.807) is 0 Å². The van der Waals surface area contributed by atoms with Crippen LogP contribution >= 0.6 is 0 Å². The first kappa shape index (κ1) is 41.5. The average Bonchev–Trinajstić information content (AvgIpc) is 3.70. The molecule has 0 aliphatic heterocycles. The van der Waals surface area contributed by atoms with Gasteiger partial charge in [0.25, 0.3) is 0 Å². The zero-order chi connectivity index (χ0) is 45.0. The minimum absolute atomic E-state index is 0.0602. The van der Waals surface area contributed by atoms with Crippen LogP contribution in [0.25, 0.3) is 61.3 Å². The van der Waals surface area contributed by atoms with Crippen LogP contribution in [-0.2, 0) is 11.0 Å². The SMILES string of the molecule is CC1C=C(c2cccc3c2=C(c2ccccc2N(c2cccc(-c4cccc5c6ccccc6n(C6(C)C=CC=CC6)c45)c2)c2ccccc2-c2ccc(C(C)(C)C)cc2)CCC=3)C=CC1. The highest BCUT2D eigenvalue weighted by atomic mass is 15.1. The second-order valence-electron chi connectivity index (χ2n) is 19.9. The monoisotopic (exact) mass is 854 g/mol. The first-order valence-electron chi connectivity index (χ1n) is 23.9. The summed E-state index contributed by atoms with van der Waals surface area (Å²) in [5, 5.41) is 5.25. The standard InChI is InChI=1S/C64H58N2/c1-44-20-15-23-47(42-44)52-29-17-21-46-22-18-31-56(61(46)52)54-27-8-11-34-59(54)65(58-33-10-7-26-51(58)45-36-38-49(39-37-45)63(2,3)4)50-25-16-24-48(43-50)53-30-19-32-57-55-28-9-12-35-60(55)66(62(53)57)64(5)40-13-6-14-41-64/h6-17,19,21-30,32-40,42-44H,18,20,31,41H2,1-5H3. The third-order valence-corrected chi connectivity index (χ3v) is 14.3. The number of allylic oxidation sites excluding steroid dienone is 8. The number of fused-ring (bicyclic) bond motifs is 4. The number of hydrogen-bond acceptors (Lipinski definition) is 1. The number of benzene rings is 7. The zero-order valence-electron chi connectivity index (χ0n) is 38.9. The van der Waals surface area contributed by atoms with E-state index in [4.69, 9.17) is 0 Å². The molecule has 8 aromatic rings. The van der Waals surface area contributed by atoms with Gasteiger partial charge in [0, 0.05) is 38.7 Å². The molecule has 1 heterocycles. The predicted octanol–water partition coefficient (Wildman–Crippen LogP) is 15.9. The van der Waals surface area contributed by atoms with Crippen molar-refractivity contribution in [3.8, 4) is 22.3 Å². The summed E-state index contributed by atoms with van der Waals surface area (Å²) < 4.78 is 2.60. The smallest absolute Gasteiger partial charge is 0.0643 e. The van der Waals surface area contributed by atoms with Crippen LogP contribution in [0.5, 0.6) is 0 Å². The van der Waals surface area contributed by atoms with E-state index in [1.807, 2.05) is 0 Å². The number of hydrogen-bond donors (Lipinski definition) is 0. The topological polar surface area (TPSA) is 8.17 Å². The van der Waals surface area contributed by atoms with Crippen molar-refractivity contribution in [3.05, 3.63) is 227 Å². The Balaban J connectivity index is 1.17. The summed E-state index contributed by atoms with van der Waals surface area (Å²) in [4.78, 5) is 2.55. The van der Waals surface area contributed by atoms with E-state index < -0.39 is 0 Å². The Morgan fingerprint density at radius 1 is 0.636 bits per heavy atom. The fraction of sp³-hybridized carbons (Fsp3) is 0.188. The van der Waals surface area contributed by atoms with Crippen LogP contribution in [0.4, 0.5) is 17.1 Å². The van der Waals surface area contributed by atoms with Crippen molar-refractivity contribution < 1.29 is 0 Å². The molecular formula is C64H58N2. The maximum Gasteiger partial charge on any atom is 0.0643 e. The van der Waals surface area contributed by atoms with Gasteiger partial charge in [0.1, 0.15) is 0 Å². The maximum atomic E-state index is 2.60. The molecule has 1 aromatic heterocycles. The Labute approximate surface area is 390 Å². The Morgan fingerprint density at radius 2 is 1.33 bits per heavy atom. The molecule has 3 aliphatic carbocycles. The second kappa shape index (κ2) is 16.7. The van der Waals surface area contributed by atoms with Gasteiger partial charge in [-0.25, -0.2) is 0 Å². The molecule has 324 valence electrons. The first-order chi connectivity index (χ1) is 32.2. The van der Waals surface area contributed by atoms with Crippen LogP contribution in [-0.4, -0.2) is 4.57 Å². The average molecular weight is 855 g/mol. The van der Waals surface area contributed by atoms with Crippen molar-refractivity contribution >= 4 is 56.1 Å². The number of aromatic nitrogens is 1. The summed E-state index contributed by atoms with van der Waals surface area (Å²) in [7, 11) is 0. The van der Waals surface area contributed by atoms with Gasteiger partial charge in [-0.05, 0) is 118 Å². The molecule has 0 fully saturated rings. The zero-order valence-corrected chi connectivity index (χ0v) is 38.9. The minimum atomic E-state index is -0.221. The fourth-order valence-corrected chi connectivity index (χ4v) is 11.0. The molecule has 0 saturated carbocycles. The molecule has 66 heavy (non-hydrogen) atoms. The van der Waals surface area contributed by atoms with Crippen LogP contribution in [0.2, 0.25) is 0 Å². The van der Waals surface area contributed by atoms with Gasteiger partial charge in [0.05, 0.1) is 22.4 Å². The van der Waals surface area contributed by atoms with Crippen molar-refractivity contribution in [2.75, 3.05) is 4.90 Å². The van der Waals surface area contributed by atoms with Crippen molar-refractivity contribution in [2.45, 2.75) is 71.3 Å². The van der Waals surface area contributed by atoms with E-state index in [-0.39, 0.29) is 11.0 Å². The molecule has 2 atom stereocenters. The molecule has 0 amide bonds. The van der Waals surface area contributed by atoms with Crippen LogP contribution in [0.3, 0.4) is 0 Å². The summed E-state index contributed by atoms with van der Waals surface area (Å²) >= 11 is 0. The third-order valence-electron chi connectivity index (χ3n) is 14.3. The summed E-state index contributed by atoms with van der Waals surface area (Å²) in [5.74, 6) is 0.506. The van der Waals surface area contributed by atoms with Crippen molar-refractivity contribution in [2.24, 2.45) is 5.92 Å². The van der Waals surface area contributed by atoms with E-state index in [1.165, 1.54) is 88.0 Å². The molecule has 0 radical (unpaired) electrons. The number of rotatable bonds is 8. The van der Waals surface area contributed by atoms with Crippen LogP contribution in [0.1, 0.15) is 77.0 Å². The lowest BCUT2D eigenvalue weighted by atomic mass is 9.85. The molecule has 2 unspecified atom stereocenters. The summed E-state index contributed by atoms with van der Waals surface area (Å²) in [6.07, 6.45) is 22.7. The quantitative estimate of drug-likeness (QED) is 0.148. The molecule has 3 aliphatic rings. The number of para-hydroxylation sites is 4. The Bertz CT molecular complexity index is 3430. The molecule has 2 heteroatoms. The van der Waals surface area contributed by atoms with Gasteiger partial charge in [-0.1, -0.05) is 204 Å². The molecule has 0 N–H and O–H groups in total. The van der Waals surface area contributed by atoms with Crippen LogP contribution in [0, 0.1) is 5.92 Å². The van der Waals surface area contributed by atoms with Crippen molar-refractivity contribution in [1.82, 2.24) is 4.57 Å². The molecule has 7 aromatic carbocycles. The van der Waals surface area contributed by atoms with Crippen LogP contribution < -0.4 is 15.3 Å². The van der Waals surface area contributed by atoms with Crippen molar-refractivity contribution in [1.29, 1.82) is 0 Å². The summed E-state index contributed by atoms with van der Waals surface area (Å²) in [6.45, 7) is 11.6. The Hall–Kier alpha value is -7.16. The second-order valence-corrected chi connectivity index (χ2v) is 19.9. The molecule has 0 spiro atoms. The molecule has 0 saturated heterocycles. The fourth-order valence-electron chi connectivity index (χ4n) is 11.0. The predicted molar refractivity (Wildman–Crippen MR) is 283 cm³/mol. The Morgan fingerprint density at radius 3 is 2.12 bits per heavy atom. The van der Waals surface area contributed by atoms with Gasteiger partial charge in [-0.15, -0.1) is 0 Å². The van der Waals surface area contributed by atoms with Gasteiger partial charge < -0.3 is 9.47 Å². The first-order valence-corrected chi connectivity index (χ1v) is 23.9. The van der Waals surface area contributed by atoms with Crippen molar-refractivity contribution in [3.63, 3.8) is 0 Å². The number of anilines is 3. The van der Waals surface area contributed by atoms with Gasteiger partial charge in [-0.2, -0.15) is 0 Å². The number of nitrogens with zero attached hydrogens (tertiary/aromatic N) is 2. The van der Waals surface area contributed by atoms with E-state index in [0.29, 0.717) is 5.92 Å². The normalized spacial score (nSPS) is 18.0. The molecule has 2 nitrogen and oxygen atoms in total. The largest absolute Gasteiger partial charge is 0.330 e. The van der Waals surface area contributed by atoms with Gasteiger partial charge in [0.15, 0.2) is 0 Å². The van der Waals surface area contributed by atoms with Gasteiger partial charge in [0.2, 0.25) is 0 Å². The van der Waals surface area contributed by atoms with Gasteiger partial charge >= 0.3 is 0 Å². The highest BCUT2D eigenvalue weighted by Crippen LogP contribution is 2.47.